The number of nitrogens with zero attached hydrogens (tertiary/aromatic N) is 4. The quantitative estimate of drug-likeness (QED) is 0.309. The average molecular weight is 480 g/mol. The van der Waals surface area contributed by atoms with Crippen LogP contribution in [0.5, 0.6) is 0 Å². The molecule has 2 N–H and O–H groups in total. The third-order valence-electron chi connectivity index (χ3n) is 3.98. The number of ether oxygens (including phenoxy) is 1. The van der Waals surface area contributed by atoms with Crippen molar-refractivity contribution in [1.29, 1.82) is 0 Å². The maximum absolute atomic E-state index is 5.42. The molecular formula is C19H25IN6O. The Hall–Kier alpha value is -2.20. The molecule has 0 aliphatic heterocycles. The van der Waals surface area contributed by atoms with Crippen molar-refractivity contribution in [2.45, 2.75) is 26.6 Å². The maximum Gasteiger partial charge on any atom is 0.191 e. The molecule has 2 aromatic heterocycles. The van der Waals surface area contributed by atoms with Gasteiger partial charge < -0.3 is 15.4 Å². The highest BCUT2D eigenvalue weighted by molar-refractivity contribution is 14.0. The topological polar surface area (TPSA) is 75.8 Å². The van der Waals surface area contributed by atoms with Gasteiger partial charge in [-0.05, 0) is 30.2 Å². The first kappa shape index (κ1) is 21.1. The van der Waals surface area contributed by atoms with Gasteiger partial charge in [0.1, 0.15) is 0 Å². The molecule has 7 nitrogen and oxygen atoms in total. The first-order valence-corrected chi connectivity index (χ1v) is 8.69. The molecule has 0 atom stereocenters. The molecule has 0 aliphatic carbocycles. The fourth-order valence-corrected chi connectivity index (χ4v) is 2.55. The van der Waals surface area contributed by atoms with E-state index in [1.165, 1.54) is 11.1 Å². The van der Waals surface area contributed by atoms with Crippen LogP contribution in [0.1, 0.15) is 23.9 Å². The van der Waals surface area contributed by atoms with Crippen LogP contribution in [0.15, 0.2) is 53.7 Å². The zero-order valence-electron chi connectivity index (χ0n) is 15.6. The Morgan fingerprint density at radius 2 is 1.78 bits per heavy atom. The molecule has 27 heavy (non-hydrogen) atoms. The van der Waals surface area contributed by atoms with Gasteiger partial charge in [0.05, 0.1) is 13.2 Å². The van der Waals surface area contributed by atoms with Gasteiger partial charge in [-0.1, -0.05) is 30.3 Å². The summed E-state index contributed by atoms with van der Waals surface area (Å²) in [6.07, 6.45) is 1.95. The first-order valence-electron chi connectivity index (χ1n) is 8.69. The molecule has 2 heterocycles. The predicted molar refractivity (Wildman–Crippen MR) is 117 cm³/mol. The maximum atomic E-state index is 5.42. The fraction of sp³-hybridized carbons (Fsp3) is 0.316. The molecule has 0 spiro atoms. The van der Waals surface area contributed by atoms with Crippen LogP contribution in [0, 0.1) is 0 Å². The minimum absolute atomic E-state index is 0. The van der Waals surface area contributed by atoms with Crippen molar-refractivity contribution in [2.24, 2.45) is 4.99 Å². The van der Waals surface area contributed by atoms with Crippen LogP contribution in [0.3, 0.4) is 0 Å². The Balaban J connectivity index is 0.00000261. The standard InChI is InChI=1S/C19H24N6O.HI/c1-3-26-14-16-9-7-15(8-10-16)12-21-19(20-2)22-13-18-24-23-17-6-4-5-11-25(17)18;/h4-11H,3,12-14H2,1-2H3,(H2,20,21,22);1H. The normalized spacial score (nSPS) is 11.3. The number of aromatic nitrogens is 3. The Morgan fingerprint density at radius 3 is 2.52 bits per heavy atom. The van der Waals surface area contributed by atoms with E-state index in [-0.39, 0.29) is 24.0 Å². The van der Waals surface area contributed by atoms with Gasteiger partial charge in [0.2, 0.25) is 0 Å². The highest BCUT2D eigenvalue weighted by Gasteiger charge is 2.05. The molecule has 0 aliphatic rings. The van der Waals surface area contributed by atoms with Gasteiger partial charge in [-0.25, -0.2) is 0 Å². The minimum atomic E-state index is 0. The van der Waals surface area contributed by atoms with E-state index < -0.39 is 0 Å². The molecule has 0 unspecified atom stereocenters. The molecule has 8 heteroatoms. The smallest absolute Gasteiger partial charge is 0.191 e. The molecule has 0 bridgehead atoms. The number of hydrogen-bond donors (Lipinski definition) is 2. The summed E-state index contributed by atoms with van der Waals surface area (Å²) in [6, 6.07) is 14.2. The third kappa shape index (κ3) is 5.90. The number of benzene rings is 1. The fourth-order valence-electron chi connectivity index (χ4n) is 2.55. The molecule has 0 fully saturated rings. The van der Waals surface area contributed by atoms with Gasteiger partial charge in [-0.2, -0.15) is 0 Å². The molecule has 3 rings (SSSR count). The number of rotatable bonds is 7. The second kappa shape index (κ2) is 10.8. The van der Waals surface area contributed by atoms with Crippen LogP contribution >= 0.6 is 24.0 Å². The lowest BCUT2D eigenvalue weighted by Gasteiger charge is -2.11. The van der Waals surface area contributed by atoms with Gasteiger partial charge in [0.15, 0.2) is 17.4 Å². The van der Waals surface area contributed by atoms with Gasteiger partial charge >= 0.3 is 0 Å². The van der Waals surface area contributed by atoms with Gasteiger partial charge in [-0.3, -0.25) is 9.39 Å². The van der Waals surface area contributed by atoms with Crippen LogP contribution in [0.2, 0.25) is 0 Å². The summed E-state index contributed by atoms with van der Waals surface area (Å²) in [7, 11) is 1.75. The Bertz CT molecular complexity index is 862. The Labute approximate surface area is 176 Å². The van der Waals surface area contributed by atoms with E-state index in [4.69, 9.17) is 4.74 Å². The predicted octanol–water partition coefficient (Wildman–Crippen LogP) is 2.75. The lowest BCUT2D eigenvalue weighted by molar-refractivity contribution is 0.134. The number of nitrogens with one attached hydrogen (secondary N) is 2. The van der Waals surface area contributed by atoms with Gasteiger partial charge in [0.25, 0.3) is 0 Å². The second-order valence-electron chi connectivity index (χ2n) is 5.78. The van der Waals surface area contributed by atoms with Gasteiger partial charge in [0, 0.05) is 26.4 Å². The van der Waals surface area contributed by atoms with Crippen molar-refractivity contribution in [3.8, 4) is 0 Å². The number of halogens is 1. The highest BCUT2D eigenvalue weighted by atomic mass is 127. The first-order chi connectivity index (χ1) is 12.8. The van der Waals surface area contributed by atoms with E-state index in [2.05, 4.69) is 50.1 Å². The molecule has 144 valence electrons. The minimum Gasteiger partial charge on any atom is -0.377 e. The van der Waals surface area contributed by atoms with Crippen LogP contribution in [0.25, 0.3) is 5.65 Å². The van der Waals surface area contributed by atoms with E-state index in [9.17, 15) is 0 Å². The lowest BCUT2D eigenvalue weighted by atomic mass is 10.1. The number of aliphatic imine (C=N–C) groups is 1. The van der Waals surface area contributed by atoms with E-state index in [1.54, 1.807) is 7.05 Å². The van der Waals surface area contributed by atoms with E-state index in [1.807, 2.05) is 35.7 Å². The van der Waals surface area contributed by atoms with E-state index in [0.717, 1.165) is 24.0 Å². The molecule has 0 radical (unpaired) electrons. The molecule has 1 aromatic carbocycles. The third-order valence-corrected chi connectivity index (χ3v) is 3.98. The summed E-state index contributed by atoms with van der Waals surface area (Å²) in [4.78, 5) is 4.26. The molecule has 0 saturated heterocycles. The molecule has 3 aromatic rings. The van der Waals surface area contributed by atoms with Crippen molar-refractivity contribution < 1.29 is 4.74 Å². The zero-order valence-corrected chi connectivity index (χ0v) is 17.9. The average Bonchev–Trinajstić information content (AvgIpc) is 3.10. The SMILES string of the molecule is CCOCc1ccc(CNC(=NC)NCc2nnc3ccccn23)cc1.I. The summed E-state index contributed by atoms with van der Waals surface area (Å²) in [5.41, 5.74) is 3.19. The number of fused-ring (bicyclic) bond motifs is 1. The van der Waals surface area contributed by atoms with Crippen LogP contribution < -0.4 is 10.6 Å². The van der Waals surface area contributed by atoms with Crippen LogP contribution in [-0.4, -0.2) is 34.2 Å². The summed E-state index contributed by atoms with van der Waals surface area (Å²) < 4.78 is 7.37. The summed E-state index contributed by atoms with van der Waals surface area (Å²) in [5, 5.41) is 14.9. The monoisotopic (exact) mass is 480 g/mol. The van der Waals surface area contributed by atoms with Crippen LogP contribution in [-0.2, 0) is 24.4 Å². The number of hydrogen-bond acceptors (Lipinski definition) is 4. The largest absolute Gasteiger partial charge is 0.377 e. The number of guanidine groups is 1. The highest BCUT2D eigenvalue weighted by Crippen LogP contribution is 2.06. The summed E-state index contributed by atoms with van der Waals surface area (Å²) in [6.45, 7) is 4.61. The second-order valence-corrected chi connectivity index (χ2v) is 5.78. The molecule has 0 saturated carbocycles. The van der Waals surface area contributed by atoms with Crippen molar-refractivity contribution in [2.75, 3.05) is 13.7 Å². The zero-order chi connectivity index (χ0) is 18.2. The van der Waals surface area contributed by atoms with Crippen molar-refractivity contribution in [3.05, 3.63) is 65.6 Å². The molecule has 0 amide bonds. The molecular weight excluding hydrogens is 455 g/mol. The Morgan fingerprint density at radius 1 is 1.04 bits per heavy atom. The van der Waals surface area contributed by atoms with Gasteiger partial charge in [-0.15, -0.1) is 34.2 Å². The van der Waals surface area contributed by atoms with E-state index in [0.29, 0.717) is 19.7 Å². The van der Waals surface area contributed by atoms with Crippen molar-refractivity contribution in [1.82, 2.24) is 25.2 Å². The van der Waals surface area contributed by atoms with Crippen LogP contribution in [0.4, 0.5) is 0 Å². The summed E-state index contributed by atoms with van der Waals surface area (Å²) >= 11 is 0. The van der Waals surface area contributed by atoms with Crippen molar-refractivity contribution >= 4 is 35.6 Å². The Kier molecular flexibility index (Phi) is 8.46. The number of pyridine rings is 1. The lowest BCUT2D eigenvalue weighted by Crippen LogP contribution is -2.36. The summed E-state index contributed by atoms with van der Waals surface area (Å²) in [5.74, 6) is 1.56. The van der Waals surface area contributed by atoms with E-state index >= 15 is 0 Å². The van der Waals surface area contributed by atoms with Crippen molar-refractivity contribution in [3.63, 3.8) is 0 Å².